The van der Waals surface area contributed by atoms with Gasteiger partial charge in [-0.15, -0.1) is 0 Å². The van der Waals surface area contributed by atoms with Crippen LogP contribution < -0.4 is 0 Å². The Labute approximate surface area is 198 Å². The molecule has 0 bridgehead atoms. The fraction of sp³-hybridized carbons (Fsp3) is 0.323. The minimum Gasteiger partial charge on any atom is -0.236 e. The van der Waals surface area contributed by atoms with Gasteiger partial charge in [0.15, 0.2) is 0 Å². The molecule has 2 heterocycles. The number of rotatable bonds is 2. The Morgan fingerprint density at radius 3 is 1.76 bits per heavy atom. The van der Waals surface area contributed by atoms with Gasteiger partial charge in [-0.05, 0) is 84.8 Å². The van der Waals surface area contributed by atoms with E-state index in [4.69, 9.17) is 5.10 Å². The molecule has 0 unspecified atom stereocenters. The highest BCUT2D eigenvalue weighted by Gasteiger charge is 2.47. The minimum absolute atomic E-state index is 0.0526. The summed E-state index contributed by atoms with van der Waals surface area (Å²) >= 11 is 0. The second-order valence-corrected chi connectivity index (χ2v) is 10.8. The van der Waals surface area contributed by atoms with Crippen molar-refractivity contribution in [2.45, 2.75) is 66.2 Å². The van der Waals surface area contributed by atoms with Crippen LogP contribution in [0.1, 0.15) is 61.2 Å². The van der Waals surface area contributed by atoms with E-state index in [1.54, 1.807) is 0 Å². The van der Waals surface area contributed by atoms with Crippen molar-refractivity contribution in [3.63, 3.8) is 0 Å². The lowest BCUT2D eigenvalue weighted by Gasteiger charge is -2.47. The average molecular weight is 435 g/mol. The van der Waals surface area contributed by atoms with Gasteiger partial charge >= 0.3 is 0 Å². The van der Waals surface area contributed by atoms with Crippen LogP contribution in [0, 0.1) is 27.7 Å². The van der Waals surface area contributed by atoms with Gasteiger partial charge in [0.1, 0.15) is 0 Å². The zero-order chi connectivity index (χ0) is 23.7. The lowest BCUT2D eigenvalue weighted by atomic mass is 9.60. The smallest absolute Gasteiger partial charge is 0.0936 e. The molecule has 0 aliphatic carbocycles. The topological polar surface area (TPSA) is 17.8 Å². The molecule has 2 nitrogen and oxygen atoms in total. The Bertz CT molecular complexity index is 1360. The van der Waals surface area contributed by atoms with Crippen LogP contribution in [0.4, 0.5) is 0 Å². The summed E-state index contributed by atoms with van der Waals surface area (Å²) in [5, 5.41) is 5.20. The molecule has 1 aromatic heterocycles. The second-order valence-electron chi connectivity index (χ2n) is 10.8. The van der Waals surface area contributed by atoms with Crippen molar-refractivity contribution < 1.29 is 0 Å². The normalized spacial score (nSPS) is 15.8. The van der Waals surface area contributed by atoms with E-state index in [0.717, 1.165) is 5.69 Å². The number of nitrogens with zero attached hydrogens (tertiary/aromatic N) is 2. The van der Waals surface area contributed by atoms with Gasteiger partial charge in [-0.2, -0.15) is 5.10 Å². The number of hydrogen-bond acceptors (Lipinski definition) is 1. The Morgan fingerprint density at radius 1 is 0.636 bits per heavy atom. The quantitative estimate of drug-likeness (QED) is 0.312. The van der Waals surface area contributed by atoms with Crippen molar-refractivity contribution >= 4 is 0 Å². The van der Waals surface area contributed by atoms with E-state index in [2.05, 4.69) is 121 Å². The van der Waals surface area contributed by atoms with E-state index in [-0.39, 0.29) is 10.8 Å². The first-order valence-corrected chi connectivity index (χ1v) is 11.9. The Balaban J connectivity index is 1.77. The summed E-state index contributed by atoms with van der Waals surface area (Å²) in [6.07, 6.45) is 0. The van der Waals surface area contributed by atoms with Crippen molar-refractivity contribution in [1.29, 1.82) is 0 Å². The molecule has 0 fully saturated rings. The first kappa shape index (κ1) is 21.7. The van der Waals surface area contributed by atoms with Crippen LogP contribution in [0.25, 0.3) is 28.1 Å². The van der Waals surface area contributed by atoms with Crippen LogP contribution in [-0.2, 0) is 10.8 Å². The van der Waals surface area contributed by atoms with E-state index in [1.165, 1.54) is 55.9 Å². The molecule has 168 valence electrons. The van der Waals surface area contributed by atoms with Gasteiger partial charge in [0.05, 0.1) is 17.1 Å². The van der Waals surface area contributed by atoms with E-state index in [1.807, 2.05) is 0 Å². The van der Waals surface area contributed by atoms with E-state index in [9.17, 15) is 0 Å². The third kappa shape index (κ3) is 3.04. The molecule has 1 aliphatic rings. The van der Waals surface area contributed by atoms with Gasteiger partial charge < -0.3 is 0 Å². The van der Waals surface area contributed by atoms with Crippen molar-refractivity contribution in [3.05, 3.63) is 94.2 Å². The molecule has 0 N–H and O–H groups in total. The third-order valence-electron chi connectivity index (χ3n) is 8.32. The van der Waals surface area contributed by atoms with Crippen molar-refractivity contribution in [2.75, 3.05) is 0 Å². The molecule has 1 aliphatic heterocycles. The Kier molecular flexibility index (Phi) is 4.72. The summed E-state index contributed by atoms with van der Waals surface area (Å²) in [4.78, 5) is 0. The zero-order valence-corrected chi connectivity index (χ0v) is 21.2. The predicted octanol–water partition coefficient (Wildman–Crippen LogP) is 8.01. The van der Waals surface area contributed by atoms with Gasteiger partial charge in [-0.3, -0.25) is 0 Å². The molecule has 0 saturated heterocycles. The van der Waals surface area contributed by atoms with E-state index >= 15 is 0 Å². The van der Waals surface area contributed by atoms with Gasteiger partial charge in [0.25, 0.3) is 0 Å². The number of aromatic nitrogens is 2. The second kappa shape index (κ2) is 7.18. The average Bonchev–Trinajstić information content (AvgIpc) is 3.18. The Hall–Kier alpha value is -3.13. The highest BCUT2D eigenvalue weighted by molar-refractivity contribution is 5.75. The third-order valence-corrected chi connectivity index (χ3v) is 8.32. The van der Waals surface area contributed by atoms with Crippen molar-refractivity contribution in [1.82, 2.24) is 9.78 Å². The highest BCUT2D eigenvalue weighted by Crippen LogP contribution is 2.51. The van der Waals surface area contributed by atoms with Crippen molar-refractivity contribution in [3.8, 4) is 28.1 Å². The number of hydrogen-bond donors (Lipinski definition) is 0. The fourth-order valence-electron chi connectivity index (χ4n) is 5.65. The maximum Gasteiger partial charge on any atom is 0.0936 e. The van der Waals surface area contributed by atoms with Crippen LogP contribution in [0.2, 0.25) is 0 Å². The van der Waals surface area contributed by atoms with Crippen LogP contribution in [0.5, 0.6) is 0 Å². The highest BCUT2D eigenvalue weighted by atomic mass is 15.3. The van der Waals surface area contributed by atoms with Gasteiger partial charge in [0.2, 0.25) is 0 Å². The van der Waals surface area contributed by atoms with Gasteiger partial charge in [-0.1, -0.05) is 70.2 Å². The predicted molar refractivity (Wildman–Crippen MR) is 139 cm³/mol. The summed E-state index contributed by atoms with van der Waals surface area (Å²) in [7, 11) is 0. The molecule has 4 aromatic rings. The Morgan fingerprint density at radius 2 is 1.18 bits per heavy atom. The van der Waals surface area contributed by atoms with Crippen LogP contribution >= 0.6 is 0 Å². The summed E-state index contributed by atoms with van der Waals surface area (Å²) in [5.74, 6) is 0. The summed E-state index contributed by atoms with van der Waals surface area (Å²) in [6, 6.07) is 22.3. The van der Waals surface area contributed by atoms with E-state index in [0.29, 0.717) is 0 Å². The monoisotopic (exact) mass is 434 g/mol. The molecule has 33 heavy (non-hydrogen) atoms. The van der Waals surface area contributed by atoms with Crippen molar-refractivity contribution in [2.24, 2.45) is 0 Å². The van der Waals surface area contributed by atoms with Crippen LogP contribution in [0.3, 0.4) is 0 Å². The summed E-state index contributed by atoms with van der Waals surface area (Å²) in [6.45, 7) is 18.3. The molecule has 0 atom stereocenters. The largest absolute Gasteiger partial charge is 0.236 e. The lowest BCUT2D eigenvalue weighted by Crippen LogP contribution is -2.45. The number of fused-ring (bicyclic) bond motifs is 3. The molecule has 0 radical (unpaired) electrons. The van der Waals surface area contributed by atoms with Gasteiger partial charge in [0, 0.05) is 16.4 Å². The van der Waals surface area contributed by atoms with Gasteiger partial charge in [-0.25, -0.2) is 4.68 Å². The van der Waals surface area contributed by atoms with Crippen LogP contribution in [-0.4, -0.2) is 9.78 Å². The number of benzene rings is 3. The first-order valence-electron chi connectivity index (χ1n) is 11.9. The standard InChI is InChI=1S/C31H34N2/c1-19-11-9-12-20(2)28(19)23-15-16-26-24(17-23)30(5,6)31(7,8)27-18-25(32-33(26)27)29-21(3)13-10-14-22(29)4/h9-18H,1-8H3. The summed E-state index contributed by atoms with van der Waals surface area (Å²) < 4.78 is 2.20. The zero-order valence-electron chi connectivity index (χ0n) is 21.2. The molecule has 5 rings (SSSR count). The maximum atomic E-state index is 5.20. The number of aryl methyl sites for hydroxylation is 4. The molecular formula is C31H34N2. The molecule has 0 saturated carbocycles. The molecule has 3 aromatic carbocycles. The summed E-state index contributed by atoms with van der Waals surface area (Å²) in [5.41, 5.74) is 13.8. The lowest BCUT2D eigenvalue weighted by molar-refractivity contribution is 0.275. The fourth-order valence-corrected chi connectivity index (χ4v) is 5.65. The first-order chi connectivity index (χ1) is 15.5. The minimum atomic E-state index is -0.0821. The molecule has 2 heteroatoms. The maximum absolute atomic E-state index is 5.20. The molecule has 0 spiro atoms. The molecule has 0 amide bonds. The SMILES string of the molecule is Cc1cccc(C)c1-c1ccc2c(c1)C(C)(C)C(C)(C)c1cc(-c3c(C)cccc3C)nn1-2. The van der Waals surface area contributed by atoms with E-state index < -0.39 is 0 Å². The molecular weight excluding hydrogens is 400 g/mol. The van der Waals surface area contributed by atoms with Crippen LogP contribution in [0.15, 0.2) is 60.7 Å².